The van der Waals surface area contributed by atoms with Crippen LogP contribution in [0.2, 0.25) is 0 Å². The third kappa shape index (κ3) is 2.26. The lowest BCUT2D eigenvalue weighted by Crippen LogP contribution is -1.96. The number of rotatable bonds is 3. The maximum Gasteiger partial charge on any atom is 0.205 e. The van der Waals surface area contributed by atoms with Crippen LogP contribution in [-0.4, -0.2) is 10.2 Å². The summed E-state index contributed by atoms with van der Waals surface area (Å²) in [5.41, 5.74) is 1.72. The number of aryl methyl sites for hydroxylation is 1. The molecule has 0 aromatic carbocycles. The molecule has 0 fully saturated rings. The van der Waals surface area contributed by atoms with Crippen molar-refractivity contribution >= 4 is 27.8 Å². The van der Waals surface area contributed by atoms with Gasteiger partial charge in [-0.2, -0.15) is 0 Å². The van der Waals surface area contributed by atoms with Crippen molar-refractivity contribution in [2.24, 2.45) is 0 Å². The molecular formula is C8H9N3S2. The van der Waals surface area contributed by atoms with E-state index in [9.17, 15) is 0 Å². The van der Waals surface area contributed by atoms with Gasteiger partial charge >= 0.3 is 0 Å². The van der Waals surface area contributed by atoms with Crippen LogP contribution in [0.25, 0.3) is 0 Å². The maximum absolute atomic E-state index is 3.90. The summed E-state index contributed by atoms with van der Waals surface area (Å²) < 4.78 is 0. The van der Waals surface area contributed by atoms with Crippen molar-refractivity contribution in [3.63, 3.8) is 0 Å². The summed E-state index contributed by atoms with van der Waals surface area (Å²) in [5.74, 6) is 0. The van der Waals surface area contributed by atoms with E-state index in [1.165, 1.54) is 21.1 Å². The summed E-state index contributed by atoms with van der Waals surface area (Å²) in [6.07, 6.45) is 0. The van der Waals surface area contributed by atoms with Gasteiger partial charge in [-0.25, -0.2) is 0 Å². The molecule has 0 spiro atoms. The maximum atomic E-state index is 3.90. The first-order valence-corrected chi connectivity index (χ1v) is 5.59. The van der Waals surface area contributed by atoms with Crippen LogP contribution in [0.3, 0.4) is 0 Å². The second kappa shape index (κ2) is 3.85. The molecule has 2 heterocycles. The third-order valence-corrected chi connectivity index (χ3v) is 3.22. The van der Waals surface area contributed by atoms with Gasteiger partial charge in [0.2, 0.25) is 5.13 Å². The number of nitrogens with zero attached hydrogens (tertiary/aromatic N) is 2. The summed E-state index contributed by atoms with van der Waals surface area (Å²) in [6.45, 7) is 2.95. The first-order valence-electron chi connectivity index (χ1n) is 3.90. The van der Waals surface area contributed by atoms with Crippen LogP contribution in [0.15, 0.2) is 17.6 Å². The molecule has 0 amide bonds. The zero-order valence-electron chi connectivity index (χ0n) is 7.15. The van der Waals surface area contributed by atoms with Gasteiger partial charge in [-0.05, 0) is 19.1 Å². The Hall–Kier alpha value is -0.940. The number of aromatic nitrogens is 2. The van der Waals surface area contributed by atoms with Gasteiger partial charge in [-0.1, -0.05) is 11.3 Å². The van der Waals surface area contributed by atoms with Crippen molar-refractivity contribution in [1.29, 1.82) is 0 Å². The molecule has 13 heavy (non-hydrogen) atoms. The molecule has 0 aliphatic rings. The predicted octanol–water partition coefficient (Wildman–Crippen LogP) is 2.52. The van der Waals surface area contributed by atoms with E-state index >= 15 is 0 Å². The van der Waals surface area contributed by atoms with Crippen LogP contribution in [-0.2, 0) is 6.54 Å². The van der Waals surface area contributed by atoms with Crippen molar-refractivity contribution in [2.45, 2.75) is 13.5 Å². The molecule has 0 radical (unpaired) electrons. The second-order valence-electron chi connectivity index (χ2n) is 2.61. The first-order chi connectivity index (χ1) is 6.34. The first kappa shape index (κ1) is 8.65. The Morgan fingerprint density at radius 1 is 1.46 bits per heavy atom. The quantitative estimate of drug-likeness (QED) is 0.847. The Bertz CT molecular complexity index is 366. The Morgan fingerprint density at radius 2 is 2.38 bits per heavy atom. The van der Waals surface area contributed by atoms with Gasteiger partial charge in [-0.3, -0.25) is 0 Å². The smallest absolute Gasteiger partial charge is 0.205 e. The normalized spacial score (nSPS) is 10.2. The fourth-order valence-corrected chi connectivity index (χ4v) is 2.27. The zero-order valence-corrected chi connectivity index (χ0v) is 8.78. The molecule has 2 rings (SSSR count). The number of nitrogens with one attached hydrogen (secondary N) is 1. The van der Waals surface area contributed by atoms with E-state index in [4.69, 9.17) is 0 Å². The highest BCUT2D eigenvalue weighted by Crippen LogP contribution is 2.17. The standard InChI is InChI=1S/C8H9N3S2/c1-6-2-3-7(13-6)4-9-8-11-10-5-12-8/h2-3,5H,4H2,1H3,(H,9,11). The molecular weight excluding hydrogens is 202 g/mol. The van der Waals surface area contributed by atoms with Gasteiger partial charge in [0.1, 0.15) is 5.51 Å². The van der Waals surface area contributed by atoms with Crippen LogP contribution in [0.5, 0.6) is 0 Å². The van der Waals surface area contributed by atoms with Crippen LogP contribution in [0.1, 0.15) is 9.75 Å². The van der Waals surface area contributed by atoms with Gasteiger partial charge in [-0.15, -0.1) is 21.5 Å². The van der Waals surface area contributed by atoms with Gasteiger partial charge in [0.25, 0.3) is 0 Å². The van der Waals surface area contributed by atoms with Gasteiger partial charge < -0.3 is 5.32 Å². The van der Waals surface area contributed by atoms with Crippen molar-refractivity contribution in [1.82, 2.24) is 10.2 Å². The molecule has 0 aliphatic carbocycles. The van der Waals surface area contributed by atoms with Crippen LogP contribution in [0.4, 0.5) is 5.13 Å². The third-order valence-electron chi connectivity index (χ3n) is 1.57. The van der Waals surface area contributed by atoms with Crippen molar-refractivity contribution in [3.8, 4) is 0 Å². The lowest BCUT2D eigenvalue weighted by Gasteiger charge is -1.97. The monoisotopic (exact) mass is 211 g/mol. The van der Waals surface area contributed by atoms with Crippen molar-refractivity contribution < 1.29 is 0 Å². The van der Waals surface area contributed by atoms with E-state index in [0.717, 1.165) is 11.7 Å². The number of hydrogen-bond acceptors (Lipinski definition) is 5. The Balaban J connectivity index is 1.93. The van der Waals surface area contributed by atoms with Gasteiger partial charge in [0.15, 0.2) is 0 Å². The average molecular weight is 211 g/mol. The van der Waals surface area contributed by atoms with E-state index in [2.05, 4.69) is 34.6 Å². The summed E-state index contributed by atoms with van der Waals surface area (Å²) in [4.78, 5) is 2.67. The van der Waals surface area contributed by atoms with Crippen LogP contribution >= 0.6 is 22.7 Å². The summed E-state index contributed by atoms with van der Waals surface area (Å²) in [5, 5.41) is 11.7. The average Bonchev–Trinajstić information content (AvgIpc) is 2.71. The summed E-state index contributed by atoms with van der Waals surface area (Å²) in [7, 11) is 0. The summed E-state index contributed by atoms with van der Waals surface area (Å²) >= 11 is 3.32. The lowest BCUT2D eigenvalue weighted by atomic mass is 10.4. The molecule has 0 saturated heterocycles. The highest BCUT2D eigenvalue weighted by molar-refractivity contribution is 7.13. The fourth-order valence-electron chi connectivity index (χ4n) is 0.993. The van der Waals surface area contributed by atoms with Crippen LogP contribution in [0, 0.1) is 6.92 Å². The van der Waals surface area contributed by atoms with E-state index in [1.54, 1.807) is 16.8 Å². The number of hydrogen-bond donors (Lipinski definition) is 1. The van der Waals surface area contributed by atoms with Gasteiger partial charge in [0, 0.05) is 9.75 Å². The molecule has 3 nitrogen and oxygen atoms in total. The minimum Gasteiger partial charge on any atom is -0.355 e. The SMILES string of the molecule is Cc1ccc(CNc2nncs2)s1. The van der Waals surface area contributed by atoms with Gasteiger partial charge in [0.05, 0.1) is 6.54 Å². The number of anilines is 1. The van der Waals surface area contributed by atoms with E-state index < -0.39 is 0 Å². The molecule has 0 aliphatic heterocycles. The molecule has 68 valence electrons. The molecule has 2 aromatic heterocycles. The molecule has 0 atom stereocenters. The predicted molar refractivity (Wildman–Crippen MR) is 56.3 cm³/mol. The van der Waals surface area contributed by atoms with E-state index in [1.807, 2.05) is 0 Å². The zero-order chi connectivity index (χ0) is 9.10. The van der Waals surface area contributed by atoms with Crippen molar-refractivity contribution in [3.05, 3.63) is 27.4 Å². The topological polar surface area (TPSA) is 37.8 Å². The Kier molecular flexibility index (Phi) is 2.56. The highest BCUT2D eigenvalue weighted by Gasteiger charge is 1.98. The molecule has 0 unspecified atom stereocenters. The molecule has 1 N–H and O–H groups in total. The van der Waals surface area contributed by atoms with Crippen molar-refractivity contribution in [2.75, 3.05) is 5.32 Å². The van der Waals surface area contributed by atoms with E-state index in [0.29, 0.717) is 0 Å². The molecule has 5 heteroatoms. The molecule has 0 bridgehead atoms. The highest BCUT2D eigenvalue weighted by atomic mass is 32.1. The number of thiophene rings is 1. The molecule has 0 saturated carbocycles. The minimum absolute atomic E-state index is 0.841. The van der Waals surface area contributed by atoms with E-state index in [-0.39, 0.29) is 0 Å². The lowest BCUT2D eigenvalue weighted by molar-refractivity contribution is 1.06. The largest absolute Gasteiger partial charge is 0.355 e. The fraction of sp³-hybridized carbons (Fsp3) is 0.250. The second-order valence-corrected chi connectivity index (χ2v) is 4.82. The molecule has 2 aromatic rings. The minimum atomic E-state index is 0.841. The Morgan fingerprint density at radius 3 is 3.00 bits per heavy atom. The Labute approximate surface area is 84.5 Å². The van der Waals surface area contributed by atoms with Crippen LogP contribution < -0.4 is 5.32 Å². The summed E-state index contributed by atoms with van der Waals surface area (Å²) in [6, 6.07) is 4.26.